The Morgan fingerprint density at radius 1 is 1.10 bits per heavy atom. The lowest BCUT2D eigenvalue weighted by Gasteiger charge is -2.28. The van der Waals surface area contributed by atoms with Crippen molar-refractivity contribution in [2.75, 3.05) is 28.6 Å². The number of amides is 1. The van der Waals surface area contributed by atoms with Crippen molar-refractivity contribution in [2.45, 2.75) is 32.4 Å². The van der Waals surface area contributed by atoms with Gasteiger partial charge in [-0.2, -0.15) is 0 Å². The van der Waals surface area contributed by atoms with Crippen LogP contribution < -0.4 is 14.5 Å². The van der Waals surface area contributed by atoms with E-state index in [4.69, 9.17) is 0 Å². The summed E-state index contributed by atoms with van der Waals surface area (Å²) < 4.78 is 38.7. The first-order valence-electron chi connectivity index (χ1n) is 9.62. The molecule has 29 heavy (non-hydrogen) atoms. The van der Waals surface area contributed by atoms with Crippen LogP contribution in [0, 0.1) is 5.82 Å². The summed E-state index contributed by atoms with van der Waals surface area (Å²) in [6.45, 7) is 3.94. The van der Waals surface area contributed by atoms with Gasteiger partial charge in [0.2, 0.25) is 15.9 Å². The van der Waals surface area contributed by atoms with Crippen LogP contribution in [0.5, 0.6) is 0 Å². The summed E-state index contributed by atoms with van der Waals surface area (Å²) in [7, 11) is -3.73. The highest BCUT2D eigenvalue weighted by Crippen LogP contribution is 2.22. The Morgan fingerprint density at radius 3 is 2.24 bits per heavy atom. The SMILES string of the molecule is CC(C(=O)NCc1ccc(N2CCCC2)cc1)N(c1ccc(F)cc1)S(C)(=O)=O. The largest absolute Gasteiger partial charge is 0.372 e. The average Bonchev–Trinajstić information content (AvgIpc) is 3.22. The van der Waals surface area contributed by atoms with E-state index in [1.54, 1.807) is 0 Å². The first-order chi connectivity index (χ1) is 13.8. The van der Waals surface area contributed by atoms with Crippen LogP contribution in [0.1, 0.15) is 25.3 Å². The molecule has 1 fully saturated rings. The highest BCUT2D eigenvalue weighted by molar-refractivity contribution is 7.92. The van der Waals surface area contributed by atoms with Gasteiger partial charge in [-0.15, -0.1) is 0 Å². The maximum Gasteiger partial charge on any atom is 0.243 e. The number of rotatable bonds is 7. The molecule has 1 amide bonds. The predicted octanol–water partition coefficient (Wildman–Crippen LogP) is 2.90. The van der Waals surface area contributed by atoms with Gasteiger partial charge in [0.1, 0.15) is 11.9 Å². The number of benzene rings is 2. The second-order valence-corrected chi connectivity index (χ2v) is 9.15. The molecule has 0 saturated carbocycles. The average molecular weight is 420 g/mol. The minimum atomic E-state index is -3.73. The van der Waals surface area contributed by atoms with Crippen LogP contribution in [0.4, 0.5) is 15.8 Å². The third-order valence-electron chi connectivity index (χ3n) is 5.04. The number of carbonyl (C=O) groups excluding carboxylic acids is 1. The van der Waals surface area contributed by atoms with Gasteiger partial charge < -0.3 is 10.2 Å². The molecule has 1 aliphatic heterocycles. The summed E-state index contributed by atoms with van der Waals surface area (Å²) >= 11 is 0. The number of anilines is 2. The Kier molecular flexibility index (Phi) is 6.42. The summed E-state index contributed by atoms with van der Waals surface area (Å²) in [6.07, 6.45) is 3.44. The van der Waals surface area contributed by atoms with E-state index in [2.05, 4.69) is 10.2 Å². The number of nitrogens with zero attached hydrogens (tertiary/aromatic N) is 2. The predicted molar refractivity (Wildman–Crippen MR) is 113 cm³/mol. The molecule has 1 aliphatic rings. The number of hydrogen-bond donors (Lipinski definition) is 1. The molecule has 1 saturated heterocycles. The molecule has 1 unspecified atom stereocenters. The maximum atomic E-state index is 13.2. The fraction of sp³-hybridized carbons (Fsp3) is 0.381. The minimum absolute atomic E-state index is 0.242. The third kappa shape index (κ3) is 5.26. The molecule has 2 aromatic rings. The zero-order chi connectivity index (χ0) is 21.0. The molecule has 0 aliphatic carbocycles. The molecule has 3 rings (SSSR count). The molecule has 8 heteroatoms. The normalized spacial score (nSPS) is 15.2. The molecule has 0 spiro atoms. The van der Waals surface area contributed by atoms with E-state index in [1.807, 2.05) is 24.3 Å². The van der Waals surface area contributed by atoms with Gasteiger partial charge in [0, 0.05) is 25.3 Å². The Morgan fingerprint density at radius 2 is 1.69 bits per heavy atom. The van der Waals surface area contributed by atoms with Crippen LogP contribution in [0.2, 0.25) is 0 Å². The van der Waals surface area contributed by atoms with Crippen molar-refractivity contribution in [3.63, 3.8) is 0 Å². The van der Waals surface area contributed by atoms with Gasteiger partial charge in [0.25, 0.3) is 0 Å². The molecule has 1 N–H and O–H groups in total. The van der Waals surface area contributed by atoms with E-state index in [1.165, 1.54) is 49.7 Å². The van der Waals surface area contributed by atoms with E-state index in [9.17, 15) is 17.6 Å². The topological polar surface area (TPSA) is 69.7 Å². The maximum absolute atomic E-state index is 13.2. The van der Waals surface area contributed by atoms with Crippen LogP contribution in [0.15, 0.2) is 48.5 Å². The first-order valence-corrected chi connectivity index (χ1v) is 11.5. The van der Waals surface area contributed by atoms with Crippen LogP contribution in [0.25, 0.3) is 0 Å². The molecular formula is C21H26FN3O3S. The molecule has 0 radical (unpaired) electrons. The quantitative estimate of drug-likeness (QED) is 0.749. The molecule has 156 valence electrons. The fourth-order valence-corrected chi connectivity index (χ4v) is 4.71. The van der Waals surface area contributed by atoms with Gasteiger partial charge in [-0.25, -0.2) is 12.8 Å². The Hall–Kier alpha value is -2.61. The minimum Gasteiger partial charge on any atom is -0.372 e. The molecule has 6 nitrogen and oxygen atoms in total. The van der Waals surface area contributed by atoms with Crippen LogP contribution in [0.3, 0.4) is 0 Å². The molecule has 1 heterocycles. The molecule has 2 aromatic carbocycles. The first kappa shape index (κ1) is 21.1. The van der Waals surface area contributed by atoms with Gasteiger partial charge in [0.15, 0.2) is 0 Å². The van der Waals surface area contributed by atoms with Crippen molar-refractivity contribution in [3.05, 3.63) is 59.9 Å². The number of hydrogen-bond acceptors (Lipinski definition) is 4. The second kappa shape index (κ2) is 8.82. The third-order valence-corrected chi connectivity index (χ3v) is 6.29. The van der Waals surface area contributed by atoms with Crippen molar-refractivity contribution in [2.24, 2.45) is 0 Å². The number of nitrogens with one attached hydrogen (secondary N) is 1. The molecule has 0 aromatic heterocycles. The van der Waals surface area contributed by atoms with Crippen molar-refractivity contribution >= 4 is 27.3 Å². The zero-order valence-electron chi connectivity index (χ0n) is 16.6. The monoisotopic (exact) mass is 419 g/mol. The fourth-order valence-electron chi connectivity index (χ4n) is 3.53. The standard InChI is InChI=1S/C21H26FN3O3S/c1-16(25(29(2,27)28)20-11-7-18(22)8-12-20)21(26)23-15-17-5-9-19(10-6-17)24-13-3-4-14-24/h5-12,16H,3-4,13-15H2,1-2H3,(H,23,26). The van der Waals surface area contributed by atoms with Gasteiger partial charge in [-0.1, -0.05) is 12.1 Å². The van der Waals surface area contributed by atoms with Gasteiger partial charge in [-0.3, -0.25) is 9.10 Å². The summed E-state index contributed by atoms with van der Waals surface area (Å²) in [6, 6.07) is 12.1. The van der Waals surface area contributed by atoms with Crippen LogP contribution >= 0.6 is 0 Å². The highest BCUT2D eigenvalue weighted by Gasteiger charge is 2.29. The van der Waals surface area contributed by atoms with Crippen molar-refractivity contribution < 1.29 is 17.6 Å². The Balaban J connectivity index is 1.65. The van der Waals surface area contributed by atoms with E-state index < -0.39 is 27.8 Å². The Bertz CT molecular complexity index is 940. The van der Waals surface area contributed by atoms with Gasteiger partial charge in [-0.05, 0) is 61.7 Å². The lowest BCUT2D eigenvalue weighted by Crippen LogP contribution is -2.47. The van der Waals surface area contributed by atoms with Gasteiger partial charge >= 0.3 is 0 Å². The second-order valence-electron chi connectivity index (χ2n) is 7.29. The highest BCUT2D eigenvalue weighted by atomic mass is 32.2. The summed E-state index contributed by atoms with van der Waals surface area (Å²) in [5, 5.41) is 2.79. The van der Waals surface area contributed by atoms with Gasteiger partial charge in [0.05, 0.1) is 11.9 Å². The summed E-state index contributed by atoms with van der Waals surface area (Å²) in [5.41, 5.74) is 2.35. The lowest BCUT2D eigenvalue weighted by molar-refractivity contribution is -0.122. The lowest BCUT2D eigenvalue weighted by atomic mass is 10.2. The van der Waals surface area contributed by atoms with E-state index >= 15 is 0 Å². The van der Waals surface area contributed by atoms with Crippen LogP contribution in [-0.2, 0) is 21.4 Å². The number of sulfonamides is 1. The summed E-state index contributed by atoms with van der Waals surface area (Å²) in [4.78, 5) is 15.0. The van der Waals surface area contributed by atoms with E-state index in [0.717, 1.165) is 29.2 Å². The Labute approximate surface area is 171 Å². The van der Waals surface area contributed by atoms with Crippen molar-refractivity contribution in [1.82, 2.24) is 5.32 Å². The van der Waals surface area contributed by atoms with E-state index in [0.29, 0.717) is 6.54 Å². The van der Waals surface area contributed by atoms with E-state index in [-0.39, 0.29) is 5.69 Å². The molecule has 1 atom stereocenters. The number of carbonyl (C=O) groups is 1. The molecular weight excluding hydrogens is 393 g/mol. The smallest absolute Gasteiger partial charge is 0.243 e. The zero-order valence-corrected chi connectivity index (χ0v) is 17.5. The number of halogens is 1. The van der Waals surface area contributed by atoms with Crippen LogP contribution in [-0.4, -0.2) is 39.7 Å². The molecule has 0 bridgehead atoms. The summed E-state index contributed by atoms with van der Waals surface area (Å²) in [5.74, 6) is -0.903. The van der Waals surface area contributed by atoms with Crippen molar-refractivity contribution in [3.8, 4) is 0 Å². The van der Waals surface area contributed by atoms with Crippen molar-refractivity contribution in [1.29, 1.82) is 0 Å².